The van der Waals surface area contributed by atoms with Gasteiger partial charge in [-0.3, -0.25) is 4.79 Å². The molecule has 23 heavy (non-hydrogen) atoms. The van der Waals surface area contributed by atoms with E-state index < -0.39 is 0 Å². The van der Waals surface area contributed by atoms with Crippen LogP contribution in [0.2, 0.25) is 0 Å². The number of hydrogen-bond acceptors (Lipinski definition) is 3. The van der Waals surface area contributed by atoms with Crippen LogP contribution in [-0.2, 0) is 17.6 Å². The number of hydrogen-bond donors (Lipinski definition) is 1. The molecule has 5 heteroatoms. The van der Waals surface area contributed by atoms with Gasteiger partial charge < -0.3 is 5.32 Å². The SMILES string of the molecule is O=C(Cc1ccc(F)cc1)Nc1ncc(Cc2ccccc2)s1. The third-order valence-electron chi connectivity index (χ3n) is 3.30. The van der Waals surface area contributed by atoms with Gasteiger partial charge in [-0.25, -0.2) is 9.37 Å². The first-order valence-electron chi connectivity index (χ1n) is 7.22. The van der Waals surface area contributed by atoms with Crippen LogP contribution >= 0.6 is 11.3 Å². The van der Waals surface area contributed by atoms with Crippen molar-refractivity contribution in [1.29, 1.82) is 0 Å². The number of anilines is 1. The molecule has 3 nitrogen and oxygen atoms in total. The predicted molar refractivity (Wildman–Crippen MR) is 90.1 cm³/mol. The molecule has 0 saturated heterocycles. The maximum atomic E-state index is 12.8. The van der Waals surface area contributed by atoms with E-state index in [1.54, 1.807) is 18.3 Å². The van der Waals surface area contributed by atoms with Crippen molar-refractivity contribution in [2.45, 2.75) is 12.8 Å². The largest absolute Gasteiger partial charge is 0.302 e. The first kappa shape index (κ1) is 15.4. The highest BCUT2D eigenvalue weighted by Crippen LogP contribution is 2.21. The van der Waals surface area contributed by atoms with E-state index in [9.17, 15) is 9.18 Å². The van der Waals surface area contributed by atoms with Crippen molar-refractivity contribution < 1.29 is 9.18 Å². The summed E-state index contributed by atoms with van der Waals surface area (Å²) >= 11 is 1.47. The van der Waals surface area contributed by atoms with Gasteiger partial charge in [0.1, 0.15) is 5.82 Å². The summed E-state index contributed by atoms with van der Waals surface area (Å²) in [5.74, 6) is -0.461. The van der Waals surface area contributed by atoms with Crippen LogP contribution in [0.15, 0.2) is 60.8 Å². The Bertz CT molecular complexity index is 784. The number of amides is 1. The number of nitrogens with zero attached hydrogens (tertiary/aromatic N) is 1. The summed E-state index contributed by atoms with van der Waals surface area (Å²) in [6, 6.07) is 16.0. The van der Waals surface area contributed by atoms with Gasteiger partial charge in [-0.05, 0) is 23.3 Å². The molecule has 1 N–H and O–H groups in total. The van der Waals surface area contributed by atoms with E-state index >= 15 is 0 Å². The van der Waals surface area contributed by atoms with Crippen LogP contribution in [0, 0.1) is 5.82 Å². The van der Waals surface area contributed by atoms with Crippen molar-refractivity contribution >= 4 is 22.4 Å². The lowest BCUT2D eigenvalue weighted by molar-refractivity contribution is -0.115. The Kier molecular flexibility index (Phi) is 4.78. The second kappa shape index (κ2) is 7.15. The Labute approximate surface area is 137 Å². The van der Waals surface area contributed by atoms with Crippen molar-refractivity contribution in [2.75, 3.05) is 5.32 Å². The molecule has 0 unspecified atom stereocenters. The lowest BCUT2D eigenvalue weighted by Crippen LogP contribution is -2.14. The van der Waals surface area contributed by atoms with Crippen LogP contribution in [0.1, 0.15) is 16.0 Å². The zero-order chi connectivity index (χ0) is 16.1. The summed E-state index contributed by atoms with van der Waals surface area (Å²) in [6.45, 7) is 0. The number of thiazole rings is 1. The summed E-state index contributed by atoms with van der Waals surface area (Å²) < 4.78 is 12.8. The summed E-state index contributed by atoms with van der Waals surface area (Å²) in [4.78, 5) is 17.3. The monoisotopic (exact) mass is 326 g/mol. The average Bonchev–Trinajstić information content (AvgIpc) is 2.97. The van der Waals surface area contributed by atoms with Crippen LogP contribution in [0.4, 0.5) is 9.52 Å². The van der Waals surface area contributed by atoms with Gasteiger partial charge in [0.15, 0.2) is 5.13 Å². The van der Waals surface area contributed by atoms with Gasteiger partial charge in [0, 0.05) is 17.5 Å². The van der Waals surface area contributed by atoms with E-state index in [1.165, 1.54) is 29.0 Å². The van der Waals surface area contributed by atoms with Crippen LogP contribution in [-0.4, -0.2) is 10.9 Å². The van der Waals surface area contributed by atoms with Crippen molar-refractivity contribution in [3.63, 3.8) is 0 Å². The Hall–Kier alpha value is -2.53. The molecule has 0 aliphatic rings. The highest BCUT2D eigenvalue weighted by molar-refractivity contribution is 7.15. The average molecular weight is 326 g/mol. The topological polar surface area (TPSA) is 42.0 Å². The molecule has 3 aromatic rings. The fraction of sp³-hybridized carbons (Fsp3) is 0.111. The maximum absolute atomic E-state index is 12.8. The van der Waals surface area contributed by atoms with Crippen molar-refractivity contribution in [3.05, 3.63) is 82.6 Å². The lowest BCUT2D eigenvalue weighted by atomic mass is 10.1. The highest BCUT2D eigenvalue weighted by Gasteiger charge is 2.08. The minimum Gasteiger partial charge on any atom is -0.302 e. The van der Waals surface area contributed by atoms with Gasteiger partial charge in [-0.1, -0.05) is 42.5 Å². The molecule has 0 aliphatic carbocycles. The van der Waals surface area contributed by atoms with Gasteiger partial charge in [0.25, 0.3) is 0 Å². The molecule has 1 aromatic heterocycles. The van der Waals surface area contributed by atoms with Crippen molar-refractivity contribution in [1.82, 2.24) is 4.98 Å². The number of rotatable bonds is 5. The van der Waals surface area contributed by atoms with Crippen molar-refractivity contribution in [3.8, 4) is 0 Å². The Morgan fingerprint density at radius 1 is 1.04 bits per heavy atom. The number of benzene rings is 2. The minimum absolute atomic E-state index is 0.155. The second-order valence-corrected chi connectivity index (χ2v) is 6.26. The number of carbonyl (C=O) groups is 1. The molecule has 3 rings (SSSR count). The van der Waals surface area contributed by atoms with Crippen molar-refractivity contribution in [2.24, 2.45) is 0 Å². The maximum Gasteiger partial charge on any atom is 0.230 e. The van der Waals surface area contributed by atoms with Gasteiger partial charge in [-0.2, -0.15) is 0 Å². The van der Waals surface area contributed by atoms with E-state index in [-0.39, 0.29) is 18.1 Å². The molecule has 1 heterocycles. The number of carbonyl (C=O) groups excluding carboxylic acids is 1. The summed E-state index contributed by atoms with van der Waals surface area (Å²) in [6.07, 6.45) is 2.78. The van der Waals surface area contributed by atoms with E-state index in [2.05, 4.69) is 22.4 Å². The zero-order valence-electron chi connectivity index (χ0n) is 12.3. The fourth-order valence-electron chi connectivity index (χ4n) is 2.20. The summed E-state index contributed by atoms with van der Waals surface area (Å²) in [5, 5.41) is 3.37. The second-order valence-electron chi connectivity index (χ2n) is 5.15. The number of aromatic nitrogens is 1. The van der Waals surface area contributed by atoms with E-state index in [4.69, 9.17) is 0 Å². The fourth-order valence-corrected chi connectivity index (χ4v) is 3.06. The molecule has 0 spiro atoms. The first-order chi connectivity index (χ1) is 11.2. The number of nitrogens with one attached hydrogen (secondary N) is 1. The predicted octanol–water partition coefficient (Wildman–Crippen LogP) is 4.05. The van der Waals surface area contributed by atoms with E-state index in [0.717, 1.165) is 16.9 Å². The normalized spacial score (nSPS) is 10.5. The number of halogens is 1. The summed E-state index contributed by atoms with van der Waals surface area (Å²) in [7, 11) is 0. The van der Waals surface area contributed by atoms with Crippen LogP contribution in [0.25, 0.3) is 0 Å². The molecule has 0 atom stereocenters. The molecule has 116 valence electrons. The Morgan fingerprint density at radius 2 is 1.78 bits per heavy atom. The Balaban J connectivity index is 1.58. The quantitative estimate of drug-likeness (QED) is 0.768. The third-order valence-corrected chi connectivity index (χ3v) is 4.21. The molecule has 1 amide bonds. The molecular formula is C18H15FN2OS. The standard InChI is InChI=1S/C18H15FN2OS/c19-15-8-6-14(7-9-15)11-17(22)21-18-20-12-16(23-18)10-13-4-2-1-3-5-13/h1-9,12H,10-11H2,(H,20,21,22). The van der Waals surface area contributed by atoms with Crippen LogP contribution in [0.3, 0.4) is 0 Å². The van der Waals surface area contributed by atoms with Gasteiger partial charge in [-0.15, -0.1) is 11.3 Å². The molecule has 0 aliphatic heterocycles. The van der Waals surface area contributed by atoms with Gasteiger partial charge >= 0.3 is 0 Å². The molecule has 0 saturated carbocycles. The van der Waals surface area contributed by atoms with Gasteiger partial charge in [0.05, 0.1) is 6.42 Å². The first-order valence-corrected chi connectivity index (χ1v) is 8.03. The third kappa shape index (κ3) is 4.47. The van der Waals surface area contributed by atoms with Crippen LogP contribution in [0.5, 0.6) is 0 Å². The minimum atomic E-state index is -0.306. The van der Waals surface area contributed by atoms with E-state index in [1.807, 2.05) is 18.2 Å². The molecule has 2 aromatic carbocycles. The molecule has 0 radical (unpaired) electrons. The molecule has 0 fully saturated rings. The zero-order valence-corrected chi connectivity index (χ0v) is 13.1. The molecule has 0 bridgehead atoms. The smallest absolute Gasteiger partial charge is 0.230 e. The molecular weight excluding hydrogens is 311 g/mol. The summed E-state index contributed by atoms with van der Waals surface area (Å²) in [5.41, 5.74) is 1.98. The lowest BCUT2D eigenvalue weighted by Gasteiger charge is -2.02. The van der Waals surface area contributed by atoms with E-state index in [0.29, 0.717) is 5.13 Å². The van der Waals surface area contributed by atoms with Gasteiger partial charge in [0.2, 0.25) is 5.91 Å². The highest BCUT2D eigenvalue weighted by atomic mass is 32.1. The Morgan fingerprint density at radius 3 is 2.52 bits per heavy atom. The van der Waals surface area contributed by atoms with Crippen LogP contribution < -0.4 is 5.32 Å².